The second kappa shape index (κ2) is 10.4. The van der Waals surface area contributed by atoms with Crippen LogP contribution in [0.5, 0.6) is 5.75 Å². The Labute approximate surface area is 148 Å². The van der Waals surface area contributed by atoms with Gasteiger partial charge in [-0.15, -0.1) is 12.4 Å². The SMILES string of the molecule is Cl.O=[N+]([O-])c1ccc(O)cc1.c1ccc(Pc2ccccc2)cc1. The lowest BCUT2D eigenvalue weighted by molar-refractivity contribution is -0.384. The fourth-order valence-electron chi connectivity index (χ4n) is 1.78. The summed E-state index contributed by atoms with van der Waals surface area (Å²) in [5, 5.41) is 21.5. The third-order valence-corrected chi connectivity index (χ3v) is 4.14. The Balaban J connectivity index is 0.000000238. The van der Waals surface area contributed by atoms with Crippen molar-refractivity contribution < 1.29 is 10.0 Å². The van der Waals surface area contributed by atoms with Crippen LogP contribution in [-0.4, -0.2) is 10.0 Å². The van der Waals surface area contributed by atoms with Crippen molar-refractivity contribution >= 4 is 37.3 Å². The molecule has 1 N–H and O–H groups in total. The van der Waals surface area contributed by atoms with Gasteiger partial charge in [0.2, 0.25) is 0 Å². The minimum Gasteiger partial charge on any atom is -0.508 e. The normalized spacial score (nSPS) is 9.17. The first-order chi connectivity index (χ1) is 11.1. The number of nitro groups is 1. The minimum atomic E-state index is -0.514. The van der Waals surface area contributed by atoms with Gasteiger partial charge in [0.1, 0.15) is 5.75 Å². The molecule has 3 aromatic carbocycles. The molecule has 0 radical (unpaired) electrons. The first-order valence-corrected chi connectivity index (χ1v) is 7.96. The molecule has 6 heteroatoms. The molecule has 0 aliphatic carbocycles. The van der Waals surface area contributed by atoms with E-state index in [1.807, 2.05) is 0 Å². The van der Waals surface area contributed by atoms with Crippen molar-refractivity contribution in [3.8, 4) is 5.75 Å². The summed E-state index contributed by atoms with van der Waals surface area (Å²) in [5.74, 6) is 0.0330. The monoisotopic (exact) mass is 361 g/mol. The zero-order valence-electron chi connectivity index (χ0n) is 12.7. The maximum atomic E-state index is 10.0. The van der Waals surface area contributed by atoms with Gasteiger partial charge >= 0.3 is 0 Å². The standard InChI is InChI=1S/C12H11P.C6H5NO3.ClH/c1-3-7-11(8-4-1)13-12-9-5-2-6-10-12;8-6-3-1-5(2-4-6)7(9)10;/h1-10,13H;1-4,8H;1H. The van der Waals surface area contributed by atoms with E-state index in [2.05, 4.69) is 60.7 Å². The number of rotatable bonds is 3. The summed E-state index contributed by atoms with van der Waals surface area (Å²) >= 11 is 0. The molecule has 0 fully saturated rings. The summed E-state index contributed by atoms with van der Waals surface area (Å²) in [6.07, 6.45) is 0. The largest absolute Gasteiger partial charge is 0.508 e. The third-order valence-electron chi connectivity index (χ3n) is 2.90. The van der Waals surface area contributed by atoms with Gasteiger partial charge < -0.3 is 5.11 Å². The molecule has 124 valence electrons. The molecule has 0 aliphatic rings. The second-order valence-corrected chi connectivity index (χ2v) is 6.04. The van der Waals surface area contributed by atoms with Gasteiger partial charge in [0.05, 0.1) is 4.92 Å². The predicted octanol–water partition coefficient (Wildman–Crippen LogP) is 4.04. The first kappa shape index (κ1) is 19.6. The molecule has 0 aromatic heterocycles. The lowest BCUT2D eigenvalue weighted by Gasteiger charge is -2.00. The number of aromatic hydroxyl groups is 1. The number of phenolic OH excluding ortho intramolecular Hbond substituents is 1. The van der Waals surface area contributed by atoms with E-state index in [0.29, 0.717) is 0 Å². The van der Waals surface area contributed by atoms with Gasteiger partial charge in [-0.2, -0.15) is 0 Å². The van der Waals surface area contributed by atoms with E-state index in [0.717, 1.165) is 8.58 Å². The van der Waals surface area contributed by atoms with Gasteiger partial charge in [-0.05, 0) is 22.7 Å². The number of hydrogen-bond acceptors (Lipinski definition) is 3. The molecule has 3 rings (SSSR count). The molecule has 0 saturated heterocycles. The average molecular weight is 362 g/mol. The summed E-state index contributed by atoms with van der Waals surface area (Å²) in [6.45, 7) is 0. The van der Waals surface area contributed by atoms with Crippen LogP contribution < -0.4 is 10.6 Å². The number of hydrogen-bond donors (Lipinski definition) is 1. The summed E-state index contributed by atoms with van der Waals surface area (Å²) in [7, 11) is 0.777. The van der Waals surface area contributed by atoms with Gasteiger partial charge in [0, 0.05) is 12.1 Å². The second-order valence-electron chi connectivity index (χ2n) is 4.63. The van der Waals surface area contributed by atoms with E-state index in [4.69, 9.17) is 5.11 Å². The van der Waals surface area contributed by atoms with Gasteiger partial charge in [-0.25, -0.2) is 0 Å². The number of benzene rings is 3. The number of nitro benzene ring substituents is 1. The topological polar surface area (TPSA) is 63.4 Å². The zero-order valence-corrected chi connectivity index (χ0v) is 14.5. The Morgan fingerprint density at radius 3 is 1.54 bits per heavy atom. The van der Waals surface area contributed by atoms with E-state index in [1.54, 1.807) is 0 Å². The average Bonchev–Trinajstić information content (AvgIpc) is 2.58. The van der Waals surface area contributed by atoms with E-state index in [-0.39, 0.29) is 23.8 Å². The van der Waals surface area contributed by atoms with Crippen LogP contribution in [0.25, 0.3) is 0 Å². The molecule has 0 aliphatic heterocycles. The summed E-state index contributed by atoms with van der Waals surface area (Å²) in [4.78, 5) is 9.52. The number of non-ortho nitro benzene ring substituents is 1. The van der Waals surface area contributed by atoms with E-state index in [1.165, 1.54) is 34.9 Å². The molecule has 4 nitrogen and oxygen atoms in total. The van der Waals surface area contributed by atoms with Crippen LogP contribution >= 0.6 is 21.0 Å². The van der Waals surface area contributed by atoms with E-state index < -0.39 is 4.92 Å². The minimum absolute atomic E-state index is 0. The highest BCUT2D eigenvalue weighted by atomic mass is 35.5. The van der Waals surface area contributed by atoms with Gasteiger partial charge in [-0.3, -0.25) is 10.1 Å². The molecule has 3 aromatic rings. The summed E-state index contributed by atoms with van der Waals surface area (Å²) < 4.78 is 0. The zero-order chi connectivity index (χ0) is 16.5. The van der Waals surface area contributed by atoms with Crippen molar-refractivity contribution in [3.05, 3.63) is 95.0 Å². The Kier molecular flexibility index (Phi) is 8.48. The first-order valence-electron chi connectivity index (χ1n) is 6.96. The van der Waals surface area contributed by atoms with Crippen LogP contribution in [0.4, 0.5) is 5.69 Å². The van der Waals surface area contributed by atoms with Crippen molar-refractivity contribution in [2.45, 2.75) is 0 Å². The summed E-state index contributed by atoms with van der Waals surface area (Å²) in [6, 6.07) is 26.2. The molecule has 0 bridgehead atoms. The molecule has 0 atom stereocenters. The van der Waals surface area contributed by atoms with Gasteiger partial charge in [0.25, 0.3) is 5.69 Å². The Morgan fingerprint density at radius 1 is 0.750 bits per heavy atom. The molecular formula is C18H17ClNO3P. The molecular weight excluding hydrogens is 345 g/mol. The summed E-state index contributed by atoms with van der Waals surface area (Å²) in [5.41, 5.74) is -0.0159. The number of phenols is 1. The predicted molar refractivity (Wildman–Crippen MR) is 102 cm³/mol. The Hall–Kier alpha value is -2.42. The molecule has 0 spiro atoms. The van der Waals surface area contributed by atoms with Gasteiger partial charge in [-0.1, -0.05) is 69.2 Å². The van der Waals surface area contributed by atoms with Crippen LogP contribution in [0.3, 0.4) is 0 Å². The van der Waals surface area contributed by atoms with Crippen molar-refractivity contribution in [2.24, 2.45) is 0 Å². The lowest BCUT2D eigenvalue weighted by Crippen LogP contribution is -2.01. The molecule has 24 heavy (non-hydrogen) atoms. The molecule has 0 saturated carbocycles. The Bertz CT molecular complexity index is 700. The fraction of sp³-hybridized carbons (Fsp3) is 0. The highest BCUT2D eigenvalue weighted by Gasteiger charge is 2.01. The number of nitrogens with zero attached hydrogens (tertiary/aromatic N) is 1. The molecule has 0 amide bonds. The van der Waals surface area contributed by atoms with Crippen LogP contribution in [0.2, 0.25) is 0 Å². The van der Waals surface area contributed by atoms with Crippen molar-refractivity contribution in [3.63, 3.8) is 0 Å². The van der Waals surface area contributed by atoms with E-state index in [9.17, 15) is 10.1 Å². The molecule has 0 unspecified atom stereocenters. The third kappa shape index (κ3) is 6.78. The molecule has 0 heterocycles. The van der Waals surface area contributed by atoms with Gasteiger partial charge in [0.15, 0.2) is 0 Å². The van der Waals surface area contributed by atoms with Crippen molar-refractivity contribution in [1.29, 1.82) is 0 Å². The fourth-order valence-corrected chi connectivity index (χ4v) is 2.84. The van der Waals surface area contributed by atoms with E-state index >= 15 is 0 Å². The highest BCUT2D eigenvalue weighted by Crippen LogP contribution is 2.15. The highest BCUT2D eigenvalue weighted by molar-refractivity contribution is 7.55. The maximum Gasteiger partial charge on any atom is 0.269 e. The van der Waals surface area contributed by atoms with Crippen molar-refractivity contribution in [1.82, 2.24) is 0 Å². The van der Waals surface area contributed by atoms with Crippen LogP contribution in [0, 0.1) is 10.1 Å². The lowest BCUT2D eigenvalue weighted by atomic mass is 10.3. The maximum absolute atomic E-state index is 10.0. The van der Waals surface area contributed by atoms with Crippen LogP contribution in [-0.2, 0) is 0 Å². The number of halogens is 1. The van der Waals surface area contributed by atoms with Crippen LogP contribution in [0.1, 0.15) is 0 Å². The smallest absolute Gasteiger partial charge is 0.269 e. The Morgan fingerprint density at radius 2 is 1.17 bits per heavy atom. The van der Waals surface area contributed by atoms with Crippen molar-refractivity contribution in [2.75, 3.05) is 0 Å². The van der Waals surface area contributed by atoms with Crippen LogP contribution in [0.15, 0.2) is 84.9 Å². The quantitative estimate of drug-likeness (QED) is 0.435.